The van der Waals surface area contributed by atoms with Crippen LogP contribution in [0.5, 0.6) is 0 Å². The minimum Gasteiger partial charge on any atom is -0.124 e. The maximum absolute atomic E-state index is 3.85. The summed E-state index contributed by atoms with van der Waals surface area (Å²) in [6.45, 7) is 27.0. The summed E-state index contributed by atoms with van der Waals surface area (Å²) in [5, 5.41) is 0. The number of hydrogen-bond donors (Lipinski definition) is 0. The lowest BCUT2D eigenvalue weighted by Gasteiger charge is -2.08. The highest BCUT2D eigenvalue weighted by Crippen LogP contribution is 2.41. The van der Waals surface area contributed by atoms with Crippen molar-refractivity contribution < 1.29 is 0 Å². The third-order valence-electron chi connectivity index (χ3n) is 24.8. The summed E-state index contributed by atoms with van der Waals surface area (Å²) in [6, 6.07) is 58.7. The summed E-state index contributed by atoms with van der Waals surface area (Å²) in [5.74, 6) is 59.1. The predicted molar refractivity (Wildman–Crippen MR) is 549 cm³/mol. The van der Waals surface area contributed by atoms with E-state index in [1.807, 2.05) is 0 Å². The number of hydrogen-bond acceptors (Lipinski definition) is 2. The molecule has 10 aromatic rings. The standard InChI is InChI=1S/C124H142S2/c1-13-25-29-33-37-41-45-49-95-53-61-99(62-54-95)69-73-111-85-107(21-9)115(89-103(111)17-5)77-79-119-93-121(83-81-117-91-105(19-7)113(87-109(117)23-11)75-71-101-65-57-97(58-66-101)51-47-43-39-35-31-27-15-3)125-123(119)124-120(80-78-116-90-104(18-6)112(86-108(116)22-10)74-70-100-63-55-96(56-64-100)50-46-42-38-34-30-26-14-2)94-122(126-124)84-82-118-92-106(20-8)114(88-110(118)24-12)76-72-102-67-59-98(60-68-102)52-48-44-40-36-32-28-16-4/h53-68,85-94H,13-52H2,1-12H3. The molecular formula is C124H142S2. The average molecular weight is 1700 g/mol. The van der Waals surface area contributed by atoms with Crippen LogP contribution in [0.15, 0.2) is 158 Å². The van der Waals surface area contributed by atoms with Crippen molar-refractivity contribution in [1.82, 2.24) is 0 Å². The molecule has 650 valence electrons. The SMILES string of the molecule is CCCCCCCCCc1ccc(C#Cc2cc(CC)c(C#Cc3cc(C#Cc4cc(CC)c(C#Cc5ccc(CCCCCCCCC)cc5)cc4CC)c(-c4sc(C#Cc5cc(CC)c(C#Cc6ccc(CCCCCCCCC)cc6)cc5CC)cc4C#Cc4cc(CC)c(C#Cc5ccc(CCCCCCCCC)cc5)cc4CC)s3)cc2CC)cc1. The zero-order valence-corrected chi connectivity index (χ0v) is 80.7. The number of thiophene rings is 2. The second kappa shape index (κ2) is 55.3. The minimum atomic E-state index is 0.816. The van der Waals surface area contributed by atoms with Gasteiger partial charge in [-0.15, -0.1) is 22.7 Å². The van der Waals surface area contributed by atoms with Crippen LogP contribution in [0.3, 0.4) is 0 Å². The molecule has 0 saturated heterocycles. The maximum atomic E-state index is 3.85. The van der Waals surface area contributed by atoms with Gasteiger partial charge in [-0.3, -0.25) is 0 Å². The van der Waals surface area contributed by atoms with Crippen molar-refractivity contribution in [3.8, 4) is 104 Å². The van der Waals surface area contributed by atoms with Gasteiger partial charge in [0.2, 0.25) is 0 Å². The molecule has 0 saturated carbocycles. The Morgan fingerprint density at radius 1 is 0.167 bits per heavy atom. The van der Waals surface area contributed by atoms with Gasteiger partial charge in [-0.05, 0) is 279 Å². The third-order valence-corrected chi connectivity index (χ3v) is 27.1. The number of aryl methyl sites for hydroxylation is 12. The molecule has 126 heavy (non-hydrogen) atoms. The third kappa shape index (κ3) is 31.6. The highest BCUT2D eigenvalue weighted by molar-refractivity contribution is 7.23. The van der Waals surface area contributed by atoms with E-state index in [9.17, 15) is 0 Å². The molecule has 0 amide bonds. The largest absolute Gasteiger partial charge is 0.124 e. The maximum Gasteiger partial charge on any atom is 0.0792 e. The zero-order chi connectivity index (χ0) is 88.7. The van der Waals surface area contributed by atoms with E-state index in [0.717, 1.165) is 174 Å². The van der Waals surface area contributed by atoms with E-state index >= 15 is 0 Å². The molecule has 10 rings (SSSR count). The Labute approximate surface area is 773 Å². The van der Waals surface area contributed by atoms with Gasteiger partial charge >= 0.3 is 0 Å². The summed E-state index contributed by atoms with van der Waals surface area (Å²) in [4.78, 5) is 3.95. The second-order valence-corrected chi connectivity index (χ2v) is 36.6. The van der Waals surface area contributed by atoms with Crippen LogP contribution in [0.2, 0.25) is 0 Å². The van der Waals surface area contributed by atoms with Gasteiger partial charge in [-0.2, -0.15) is 0 Å². The molecule has 2 heterocycles. The molecule has 0 fully saturated rings. The first-order valence-electron chi connectivity index (χ1n) is 49.4. The molecule has 0 N–H and O–H groups in total. The Morgan fingerprint density at radius 2 is 0.333 bits per heavy atom. The van der Waals surface area contributed by atoms with Crippen molar-refractivity contribution in [3.63, 3.8) is 0 Å². The average Bonchev–Trinajstić information content (AvgIpc) is 1.63. The van der Waals surface area contributed by atoms with E-state index in [0.29, 0.717) is 0 Å². The Kier molecular flexibility index (Phi) is 42.9. The topological polar surface area (TPSA) is 0 Å². The van der Waals surface area contributed by atoms with Crippen LogP contribution in [0.4, 0.5) is 0 Å². The van der Waals surface area contributed by atoms with Crippen molar-refractivity contribution in [2.24, 2.45) is 0 Å². The summed E-state index contributed by atoms with van der Waals surface area (Å²) < 4.78 is 0. The lowest BCUT2D eigenvalue weighted by atomic mass is 9.95. The summed E-state index contributed by atoms with van der Waals surface area (Å²) in [6.07, 6.45) is 48.1. The van der Waals surface area contributed by atoms with Gasteiger partial charge in [0.1, 0.15) is 0 Å². The molecule has 2 heteroatoms. The molecule has 0 aliphatic heterocycles. The highest BCUT2D eigenvalue weighted by Gasteiger charge is 2.19. The molecule has 0 unspecified atom stereocenters. The van der Waals surface area contributed by atoms with Crippen LogP contribution in [0.1, 0.15) is 417 Å². The second-order valence-electron chi connectivity index (χ2n) is 34.5. The van der Waals surface area contributed by atoms with Crippen LogP contribution >= 0.6 is 22.7 Å². The quantitative estimate of drug-likeness (QED) is 0.0265. The van der Waals surface area contributed by atoms with E-state index in [-0.39, 0.29) is 0 Å². The molecule has 0 spiro atoms. The fourth-order valence-electron chi connectivity index (χ4n) is 16.7. The van der Waals surface area contributed by atoms with E-state index in [4.69, 9.17) is 0 Å². The van der Waals surface area contributed by atoms with E-state index < -0.39 is 0 Å². The van der Waals surface area contributed by atoms with Crippen LogP contribution in [0.25, 0.3) is 9.75 Å². The van der Waals surface area contributed by atoms with Gasteiger partial charge < -0.3 is 0 Å². The van der Waals surface area contributed by atoms with Gasteiger partial charge in [0, 0.05) is 77.9 Å². The zero-order valence-electron chi connectivity index (χ0n) is 79.1. The molecule has 0 bridgehead atoms. The van der Waals surface area contributed by atoms with Crippen molar-refractivity contribution in [2.45, 2.75) is 340 Å². The molecular weight excluding hydrogens is 1550 g/mol. The van der Waals surface area contributed by atoms with Gasteiger partial charge in [0.05, 0.1) is 19.5 Å². The van der Waals surface area contributed by atoms with E-state index in [1.165, 1.54) is 247 Å². The smallest absolute Gasteiger partial charge is 0.0792 e. The van der Waals surface area contributed by atoms with Crippen LogP contribution in [-0.4, -0.2) is 0 Å². The summed E-state index contributed by atoms with van der Waals surface area (Å²) in [7, 11) is 0. The first-order valence-corrected chi connectivity index (χ1v) is 51.0. The molecule has 0 radical (unpaired) electrons. The van der Waals surface area contributed by atoms with Gasteiger partial charge in [-0.1, -0.05) is 380 Å². The fraction of sp³-hybridized carbons (Fsp3) is 0.419. The number of benzene rings is 8. The first-order chi connectivity index (χ1) is 61.9. The van der Waals surface area contributed by atoms with Crippen molar-refractivity contribution in [2.75, 3.05) is 0 Å². The Morgan fingerprint density at radius 3 is 0.524 bits per heavy atom. The van der Waals surface area contributed by atoms with Gasteiger partial charge in [0.15, 0.2) is 0 Å². The predicted octanol–water partition coefficient (Wildman–Crippen LogP) is 32.3. The summed E-state index contributed by atoms with van der Waals surface area (Å²) >= 11 is 3.41. The molecule has 0 aliphatic carbocycles. The minimum absolute atomic E-state index is 0.816. The van der Waals surface area contributed by atoms with E-state index in [2.05, 4.69) is 336 Å². The van der Waals surface area contributed by atoms with Crippen molar-refractivity contribution >= 4 is 22.7 Å². The van der Waals surface area contributed by atoms with Crippen LogP contribution < -0.4 is 0 Å². The number of rotatable bonds is 41. The van der Waals surface area contributed by atoms with Crippen molar-refractivity contribution in [3.05, 3.63) is 312 Å². The van der Waals surface area contributed by atoms with Gasteiger partial charge in [-0.25, -0.2) is 0 Å². The summed E-state index contributed by atoms with van der Waals surface area (Å²) in [5.41, 5.74) is 29.5. The highest BCUT2D eigenvalue weighted by atomic mass is 32.1. The first kappa shape index (κ1) is 97.8. The van der Waals surface area contributed by atoms with Crippen LogP contribution in [0, 0.1) is 94.7 Å². The Hall–Kier alpha value is -10.4. The van der Waals surface area contributed by atoms with Gasteiger partial charge in [0.25, 0.3) is 0 Å². The monoisotopic (exact) mass is 1700 g/mol. The molecule has 0 atom stereocenters. The number of unbranched alkanes of at least 4 members (excludes halogenated alkanes) is 24. The normalized spacial score (nSPS) is 10.7. The van der Waals surface area contributed by atoms with Crippen molar-refractivity contribution in [1.29, 1.82) is 0 Å². The Bertz CT molecular complexity index is 5300. The van der Waals surface area contributed by atoms with E-state index in [1.54, 1.807) is 22.7 Å². The Balaban J connectivity index is 1.05. The van der Waals surface area contributed by atoms with Crippen LogP contribution in [-0.2, 0) is 77.0 Å². The molecule has 8 aromatic carbocycles. The fourth-order valence-corrected chi connectivity index (χ4v) is 18.8. The lowest BCUT2D eigenvalue weighted by molar-refractivity contribution is 0.589. The lowest BCUT2D eigenvalue weighted by Crippen LogP contribution is -1.96. The molecule has 0 nitrogen and oxygen atoms in total. The molecule has 2 aromatic heterocycles. The molecule has 0 aliphatic rings.